The molecule has 1 aliphatic rings. The monoisotopic (exact) mass is 311 g/mol. The number of benzene rings is 1. The van der Waals surface area contributed by atoms with Crippen LogP contribution in [0.2, 0.25) is 0 Å². The topological polar surface area (TPSA) is 80.0 Å². The summed E-state index contributed by atoms with van der Waals surface area (Å²) in [5.41, 5.74) is 12.2. The Kier molecular flexibility index (Phi) is 4.39. The van der Waals surface area contributed by atoms with Gasteiger partial charge in [-0.3, -0.25) is 0 Å². The molecule has 0 aliphatic carbocycles. The Bertz CT molecular complexity index is 629. The molecular weight excluding hydrogens is 295 g/mol. The molecule has 0 radical (unpaired) electrons. The predicted molar refractivity (Wildman–Crippen MR) is 79.7 cm³/mol. The third kappa shape index (κ3) is 4.00. The quantitative estimate of drug-likeness (QED) is 0.474. The summed E-state index contributed by atoms with van der Waals surface area (Å²) in [5, 5.41) is 0. The lowest BCUT2D eigenvalue weighted by molar-refractivity contribution is -0.137. The van der Waals surface area contributed by atoms with Gasteiger partial charge in [-0.25, -0.2) is 4.99 Å². The van der Waals surface area contributed by atoms with E-state index in [-0.39, 0.29) is 17.6 Å². The fourth-order valence-corrected chi connectivity index (χ4v) is 1.94. The van der Waals surface area contributed by atoms with Gasteiger partial charge in [0.15, 0.2) is 5.96 Å². The lowest BCUT2D eigenvalue weighted by Crippen LogP contribution is -2.37. The minimum atomic E-state index is -4.38. The molecule has 1 aliphatic heterocycles. The minimum absolute atomic E-state index is 0.109. The van der Waals surface area contributed by atoms with E-state index in [2.05, 4.69) is 9.98 Å². The van der Waals surface area contributed by atoms with Gasteiger partial charge in [0, 0.05) is 13.1 Å². The average molecular weight is 311 g/mol. The first kappa shape index (κ1) is 15.9. The molecule has 0 saturated heterocycles. The summed E-state index contributed by atoms with van der Waals surface area (Å²) in [4.78, 5) is 9.69. The molecule has 8 heteroatoms. The van der Waals surface area contributed by atoms with E-state index in [1.54, 1.807) is 0 Å². The molecule has 0 bridgehead atoms. The van der Waals surface area contributed by atoms with Crippen molar-refractivity contribution in [1.29, 1.82) is 0 Å². The number of aliphatic imine (C=N–C) groups is 2. The molecule has 4 N–H and O–H groups in total. The van der Waals surface area contributed by atoms with E-state index in [0.29, 0.717) is 13.1 Å². The Morgan fingerprint density at radius 3 is 2.32 bits per heavy atom. The second kappa shape index (κ2) is 6.08. The maximum absolute atomic E-state index is 12.4. The summed E-state index contributed by atoms with van der Waals surface area (Å²) in [5.74, 6) is 0.114. The van der Waals surface area contributed by atoms with E-state index in [4.69, 9.17) is 11.5 Å². The van der Waals surface area contributed by atoms with Crippen LogP contribution in [0.3, 0.4) is 0 Å². The maximum Gasteiger partial charge on any atom is 0.416 e. The Morgan fingerprint density at radius 1 is 1.18 bits per heavy atom. The summed E-state index contributed by atoms with van der Waals surface area (Å²) < 4.78 is 37.3. The van der Waals surface area contributed by atoms with Gasteiger partial charge in [-0.05, 0) is 31.2 Å². The largest absolute Gasteiger partial charge is 0.416 e. The Morgan fingerprint density at radius 2 is 1.82 bits per heavy atom. The maximum atomic E-state index is 12.4. The van der Waals surface area contributed by atoms with E-state index in [1.807, 2.05) is 17.9 Å². The van der Waals surface area contributed by atoms with Crippen LogP contribution in [0.25, 0.3) is 0 Å². The van der Waals surface area contributed by atoms with Crippen molar-refractivity contribution in [1.82, 2.24) is 4.90 Å². The molecule has 0 atom stereocenters. The molecule has 0 saturated carbocycles. The number of halogens is 3. The van der Waals surface area contributed by atoms with Crippen LogP contribution >= 0.6 is 0 Å². The average Bonchev–Trinajstić information content (AvgIpc) is 2.85. The molecule has 22 heavy (non-hydrogen) atoms. The van der Waals surface area contributed by atoms with Crippen molar-refractivity contribution in [2.45, 2.75) is 13.1 Å². The lowest BCUT2D eigenvalue weighted by atomic mass is 10.2. The summed E-state index contributed by atoms with van der Waals surface area (Å²) in [7, 11) is 0. The van der Waals surface area contributed by atoms with E-state index in [1.165, 1.54) is 17.7 Å². The normalized spacial score (nSPS) is 16.9. The van der Waals surface area contributed by atoms with Crippen molar-refractivity contribution in [3.05, 3.63) is 41.5 Å². The standard InChI is InChI=1S/C14H16F3N5/c1-9-6-7-22(8-9)13(19)21-12(18)20-11-4-2-10(3-5-11)14(15,16)17/h2-6H,7-8H2,1H3,(H4,18,19,20,21). The van der Waals surface area contributed by atoms with Gasteiger partial charge in [-0.15, -0.1) is 0 Å². The van der Waals surface area contributed by atoms with E-state index >= 15 is 0 Å². The van der Waals surface area contributed by atoms with Gasteiger partial charge in [-0.2, -0.15) is 18.2 Å². The fraction of sp³-hybridized carbons (Fsp3) is 0.286. The minimum Gasteiger partial charge on any atom is -0.369 e. The van der Waals surface area contributed by atoms with Gasteiger partial charge >= 0.3 is 6.18 Å². The first-order valence-electron chi connectivity index (χ1n) is 6.52. The molecule has 1 aromatic rings. The third-order valence-corrected chi connectivity index (χ3v) is 3.09. The van der Waals surface area contributed by atoms with Crippen molar-refractivity contribution in [3.63, 3.8) is 0 Å². The summed E-state index contributed by atoms with van der Waals surface area (Å²) in [6, 6.07) is 4.33. The second-order valence-electron chi connectivity index (χ2n) is 4.92. The SMILES string of the molecule is CC1=CCN(/C(N)=N\C(N)=Nc2ccc(C(F)(F)F)cc2)C1. The highest BCUT2D eigenvalue weighted by Gasteiger charge is 2.29. The van der Waals surface area contributed by atoms with E-state index in [9.17, 15) is 13.2 Å². The fourth-order valence-electron chi connectivity index (χ4n) is 1.94. The molecule has 0 aromatic heterocycles. The van der Waals surface area contributed by atoms with Crippen LogP contribution in [0, 0.1) is 0 Å². The van der Waals surface area contributed by atoms with Crippen molar-refractivity contribution < 1.29 is 13.2 Å². The first-order valence-corrected chi connectivity index (χ1v) is 6.52. The van der Waals surface area contributed by atoms with Gasteiger partial charge in [0.2, 0.25) is 5.96 Å². The van der Waals surface area contributed by atoms with E-state index in [0.717, 1.165) is 12.1 Å². The number of guanidine groups is 2. The highest BCUT2D eigenvalue weighted by molar-refractivity contribution is 5.94. The van der Waals surface area contributed by atoms with Gasteiger partial charge in [0.1, 0.15) is 0 Å². The lowest BCUT2D eigenvalue weighted by Gasteiger charge is -2.16. The van der Waals surface area contributed by atoms with Crippen LogP contribution < -0.4 is 11.5 Å². The number of hydrogen-bond donors (Lipinski definition) is 2. The summed E-state index contributed by atoms with van der Waals surface area (Å²) in [6.45, 7) is 3.30. The highest BCUT2D eigenvalue weighted by Crippen LogP contribution is 2.30. The molecule has 0 fully saturated rings. The van der Waals surface area contributed by atoms with Gasteiger partial charge in [0.25, 0.3) is 0 Å². The zero-order valence-corrected chi connectivity index (χ0v) is 11.9. The molecule has 1 aromatic carbocycles. The van der Waals surface area contributed by atoms with Crippen LogP contribution in [0.1, 0.15) is 12.5 Å². The zero-order valence-electron chi connectivity index (χ0n) is 11.9. The smallest absolute Gasteiger partial charge is 0.369 e. The summed E-state index contributed by atoms with van der Waals surface area (Å²) >= 11 is 0. The molecule has 1 heterocycles. The molecule has 0 spiro atoms. The van der Waals surface area contributed by atoms with Crippen molar-refractivity contribution in [2.24, 2.45) is 21.5 Å². The second-order valence-corrected chi connectivity index (χ2v) is 4.92. The number of nitrogens with two attached hydrogens (primary N) is 2. The van der Waals surface area contributed by atoms with Crippen LogP contribution in [0.5, 0.6) is 0 Å². The molecule has 118 valence electrons. The summed E-state index contributed by atoms with van der Waals surface area (Å²) in [6.07, 6.45) is -2.36. The number of alkyl halides is 3. The van der Waals surface area contributed by atoms with Gasteiger partial charge < -0.3 is 16.4 Å². The zero-order chi connectivity index (χ0) is 16.3. The first-order chi connectivity index (χ1) is 10.3. The highest BCUT2D eigenvalue weighted by atomic mass is 19.4. The molecule has 5 nitrogen and oxygen atoms in total. The molecule has 2 rings (SSSR count). The van der Waals surface area contributed by atoms with Crippen molar-refractivity contribution in [3.8, 4) is 0 Å². The van der Waals surface area contributed by atoms with Crippen LogP contribution in [-0.4, -0.2) is 29.9 Å². The van der Waals surface area contributed by atoms with Crippen LogP contribution in [0.15, 0.2) is 45.9 Å². The Hall–Kier alpha value is -2.51. The van der Waals surface area contributed by atoms with Gasteiger partial charge in [-0.1, -0.05) is 11.6 Å². The van der Waals surface area contributed by atoms with Crippen LogP contribution in [-0.2, 0) is 6.18 Å². The number of nitrogens with zero attached hydrogens (tertiary/aromatic N) is 3. The molecule has 0 amide bonds. The number of rotatable bonds is 1. The Labute approximate surface area is 125 Å². The van der Waals surface area contributed by atoms with E-state index < -0.39 is 11.7 Å². The number of hydrogen-bond acceptors (Lipinski definition) is 1. The van der Waals surface area contributed by atoms with Gasteiger partial charge in [0.05, 0.1) is 11.3 Å². The van der Waals surface area contributed by atoms with Crippen molar-refractivity contribution in [2.75, 3.05) is 13.1 Å². The third-order valence-electron chi connectivity index (χ3n) is 3.09. The molecular formula is C14H16F3N5. The molecule has 0 unspecified atom stereocenters. The Balaban J connectivity index is 2.09. The predicted octanol–water partition coefficient (Wildman–Crippen LogP) is 2.23. The van der Waals surface area contributed by atoms with Crippen molar-refractivity contribution >= 4 is 17.6 Å². The van der Waals surface area contributed by atoms with Crippen LogP contribution in [0.4, 0.5) is 18.9 Å².